The van der Waals surface area contributed by atoms with E-state index in [1.165, 1.54) is 19.2 Å². The number of β-amino-alcohol motifs (C(OH)–C–C–N with tert-alkyl or cyclic N) is 1. The summed E-state index contributed by atoms with van der Waals surface area (Å²) in [6, 6.07) is 9.31. The Morgan fingerprint density at radius 1 is 1.09 bits per heavy atom. The Morgan fingerprint density at radius 3 is 2.66 bits per heavy atom. The second kappa shape index (κ2) is 10.3. The first-order chi connectivity index (χ1) is 15.6. The van der Waals surface area contributed by atoms with Gasteiger partial charge in [-0.3, -0.25) is 0 Å². The van der Waals surface area contributed by atoms with Gasteiger partial charge in [0.25, 0.3) is 0 Å². The van der Waals surface area contributed by atoms with E-state index in [2.05, 4.69) is 36.1 Å². The summed E-state index contributed by atoms with van der Waals surface area (Å²) < 4.78 is 17.7. The molecule has 2 N–H and O–H groups in total. The maximum atomic E-state index is 10.4. The number of aliphatic hydroxyl groups is 1. The maximum absolute atomic E-state index is 10.4. The molecule has 0 bridgehead atoms. The topological polar surface area (TPSA) is 89.0 Å². The lowest BCUT2D eigenvalue weighted by atomic mass is 10.2. The zero-order valence-corrected chi connectivity index (χ0v) is 19.8. The van der Waals surface area contributed by atoms with Crippen molar-refractivity contribution in [2.45, 2.75) is 18.9 Å². The predicted molar refractivity (Wildman–Crippen MR) is 127 cm³/mol. The van der Waals surface area contributed by atoms with Crippen LogP contribution in [-0.2, 0) is 0 Å². The number of anilines is 2. The van der Waals surface area contributed by atoms with E-state index >= 15 is 0 Å². The molecular weight excluding hydrogens is 476 g/mol. The molecule has 1 unspecified atom stereocenters. The van der Waals surface area contributed by atoms with Crippen LogP contribution in [0.3, 0.4) is 0 Å². The largest absolute Gasteiger partial charge is 0.497 e. The summed E-state index contributed by atoms with van der Waals surface area (Å²) in [5.41, 5.74) is 1.51. The molecule has 1 aromatic heterocycles. The van der Waals surface area contributed by atoms with Crippen LogP contribution < -0.4 is 19.5 Å². The fourth-order valence-corrected chi connectivity index (χ4v) is 4.14. The highest BCUT2D eigenvalue weighted by Gasteiger charge is 2.18. The van der Waals surface area contributed by atoms with E-state index in [0.29, 0.717) is 29.4 Å². The Hall–Kier alpha value is -2.62. The minimum absolute atomic E-state index is 0.186. The highest BCUT2D eigenvalue weighted by atomic mass is 79.9. The van der Waals surface area contributed by atoms with Crippen molar-refractivity contribution in [1.82, 2.24) is 14.9 Å². The third kappa shape index (κ3) is 5.23. The molecule has 1 aliphatic heterocycles. The Labute approximate surface area is 195 Å². The van der Waals surface area contributed by atoms with Gasteiger partial charge in [-0.2, -0.15) is 0 Å². The monoisotopic (exact) mass is 502 g/mol. The Bertz CT molecular complexity index is 1080. The van der Waals surface area contributed by atoms with Gasteiger partial charge in [-0.15, -0.1) is 0 Å². The summed E-state index contributed by atoms with van der Waals surface area (Å²) in [4.78, 5) is 11.1. The molecule has 1 fully saturated rings. The van der Waals surface area contributed by atoms with Crippen LogP contribution >= 0.6 is 15.9 Å². The van der Waals surface area contributed by atoms with Gasteiger partial charge in [0.15, 0.2) is 11.5 Å². The smallest absolute Gasteiger partial charge is 0.163 e. The number of likely N-dealkylation sites (tertiary alicyclic amines) is 1. The molecule has 8 nitrogen and oxygen atoms in total. The minimum Gasteiger partial charge on any atom is -0.497 e. The van der Waals surface area contributed by atoms with Crippen LogP contribution in [0.1, 0.15) is 12.8 Å². The minimum atomic E-state index is -0.568. The summed E-state index contributed by atoms with van der Waals surface area (Å²) >= 11 is 3.55. The van der Waals surface area contributed by atoms with Gasteiger partial charge in [-0.05, 0) is 60.1 Å². The summed E-state index contributed by atoms with van der Waals surface area (Å²) in [6.45, 7) is 2.87. The van der Waals surface area contributed by atoms with Crippen molar-refractivity contribution in [3.63, 3.8) is 0 Å². The standard InChI is InChI=1S/C23H27BrN4O4/c1-30-16-5-6-18(24)20(9-16)27-23-17-10-21(31-2)22(11-19(17)25-14-26-23)32-13-15(29)12-28-7-3-4-8-28/h5-6,9-11,14-15,29H,3-4,7-8,12-13H2,1-2H3,(H,25,26,27). The maximum Gasteiger partial charge on any atom is 0.163 e. The average molecular weight is 503 g/mol. The van der Waals surface area contributed by atoms with Gasteiger partial charge < -0.3 is 29.5 Å². The lowest BCUT2D eigenvalue weighted by Gasteiger charge is -2.20. The zero-order valence-electron chi connectivity index (χ0n) is 18.2. The van der Waals surface area contributed by atoms with E-state index in [1.54, 1.807) is 14.2 Å². The van der Waals surface area contributed by atoms with Crippen molar-refractivity contribution >= 4 is 38.3 Å². The number of nitrogens with zero attached hydrogens (tertiary/aromatic N) is 3. The van der Waals surface area contributed by atoms with Gasteiger partial charge in [-0.1, -0.05) is 0 Å². The number of aliphatic hydroxyl groups excluding tert-OH is 1. The number of halogens is 1. The van der Waals surface area contributed by atoms with Crippen molar-refractivity contribution < 1.29 is 19.3 Å². The molecule has 3 aromatic rings. The SMILES string of the molecule is COc1ccc(Br)c(Nc2ncnc3cc(OCC(O)CN4CCCC4)c(OC)cc23)c1. The van der Waals surface area contributed by atoms with Gasteiger partial charge in [0.2, 0.25) is 0 Å². The van der Waals surface area contributed by atoms with Crippen LogP contribution in [0.15, 0.2) is 41.1 Å². The Morgan fingerprint density at radius 2 is 1.91 bits per heavy atom. The van der Waals surface area contributed by atoms with Crippen LogP contribution in [0.5, 0.6) is 17.2 Å². The summed E-state index contributed by atoms with van der Waals surface area (Å²) in [7, 11) is 3.21. The second-order valence-electron chi connectivity index (χ2n) is 7.69. The average Bonchev–Trinajstić information content (AvgIpc) is 3.31. The molecule has 2 aromatic carbocycles. The van der Waals surface area contributed by atoms with E-state index < -0.39 is 6.10 Å². The number of methoxy groups -OCH3 is 2. The molecule has 1 saturated heterocycles. The number of rotatable bonds is 9. The van der Waals surface area contributed by atoms with Crippen LogP contribution in [0.25, 0.3) is 10.9 Å². The number of aromatic nitrogens is 2. The lowest BCUT2D eigenvalue weighted by Crippen LogP contribution is -2.33. The van der Waals surface area contributed by atoms with Gasteiger partial charge in [-0.25, -0.2) is 9.97 Å². The number of fused-ring (bicyclic) bond motifs is 1. The highest BCUT2D eigenvalue weighted by Crippen LogP contribution is 2.36. The van der Waals surface area contributed by atoms with Crippen molar-refractivity contribution in [3.8, 4) is 17.2 Å². The molecule has 4 rings (SSSR count). The van der Waals surface area contributed by atoms with Crippen molar-refractivity contribution in [2.24, 2.45) is 0 Å². The number of nitrogens with one attached hydrogen (secondary N) is 1. The quantitative estimate of drug-likeness (QED) is 0.453. The van der Waals surface area contributed by atoms with Crippen LogP contribution in [0.4, 0.5) is 11.5 Å². The molecule has 0 saturated carbocycles. The van der Waals surface area contributed by atoms with Crippen molar-refractivity contribution in [1.29, 1.82) is 0 Å². The van der Waals surface area contributed by atoms with Gasteiger partial charge in [0.05, 0.1) is 25.4 Å². The molecular formula is C23H27BrN4O4. The number of hydrogen-bond acceptors (Lipinski definition) is 8. The normalized spacial score (nSPS) is 15.0. The van der Waals surface area contributed by atoms with Gasteiger partial charge in [0, 0.05) is 28.5 Å². The third-order valence-corrected chi connectivity index (χ3v) is 6.14. The fourth-order valence-electron chi connectivity index (χ4n) is 3.79. The molecule has 1 aliphatic rings. The van der Waals surface area contributed by atoms with Gasteiger partial charge >= 0.3 is 0 Å². The van der Waals surface area contributed by atoms with E-state index in [4.69, 9.17) is 14.2 Å². The van der Waals surface area contributed by atoms with Crippen molar-refractivity contribution in [2.75, 3.05) is 45.8 Å². The molecule has 32 heavy (non-hydrogen) atoms. The molecule has 0 amide bonds. The molecule has 2 heterocycles. The Balaban J connectivity index is 1.55. The zero-order chi connectivity index (χ0) is 22.5. The molecule has 0 aliphatic carbocycles. The number of ether oxygens (including phenoxy) is 3. The van der Waals surface area contributed by atoms with Crippen LogP contribution in [0, 0.1) is 0 Å². The predicted octanol–water partition coefficient (Wildman–Crippen LogP) is 3.99. The number of benzene rings is 2. The summed E-state index contributed by atoms with van der Waals surface area (Å²) in [5.74, 6) is 2.44. The highest BCUT2D eigenvalue weighted by molar-refractivity contribution is 9.10. The van der Waals surface area contributed by atoms with Crippen LogP contribution in [0.2, 0.25) is 0 Å². The summed E-state index contributed by atoms with van der Waals surface area (Å²) in [5, 5.41) is 14.5. The molecule has 0 spiro atoms. The lowest BCUT2D eigenvalue weighted by molar-refractivity contribution is 0.0747. The van der Waals surface area contributed by atoms with Crippen molar-refractivity contribution in [3.05, 3.63) is 41.1 Å². The molecule has 9 heteroatoms. The fraction of sp³-hybridized carbons (Fsp3) is 0.391. The van der Waals surface area contributed by atoms with E-state index in [1.807, 2.05) is 30.3 Å². The Kier molecular flexibility index (Phi) is 7.29. The van der Waals surface area contributed by atoms with Crippen LogP contribution in [-0.4, -0.2) is 66.5 Å². The molecule has 170 valence electrons. The first-order valence-electron chi connectivity index (χ1n) is 10.5. The van der Waals surface area contributed by atoms with Gasteiger partial charge in [0.1, 0.15) is 30.6 Å². The summed E-state index contributed by atoms with van der Waals surface area (Å²) in [6.07, 6.45) is 3.31. The van der Waals surface area contributed by atoms with E-state index in [-0.39, 0.29) is 6.61 Å². The van der Waals surface area contributed by atoms with E-state index in [9.17, 15) is 5.11 Å². The molecule has 0 radical (unpaired) electrons. The van der Waals surface area contributed by atoms with E-state index in [0.717, 1.165) is 34.4 Å². The molecule has 1 atom stereocenters. The number of hydrogen-bond donors (Lipinski definition) is 2. The first-order valence-corrected chi connectivity index (χ1v) is 11.3. The first kappa shape index (κ1) is 22.6. The second-order valence-corrected chi connectivity index (χ2v) is 8.54. The third-order valence-electron chi connectivity index (χ3n) is 5.45.